The Morgan fingerprint density at radius 1 is 1.21 bits per heavy atom. The van der Waals surface area contributed by atoms with E-state index in [1.54, 1.807) is 24.3 Å². The zero-order valence-corrected chi connectivity index (χ0v) is 14.6. The van der Waals surface area contributed by atoms with Gasteiger partial charge in [0.25, 0.3) is 0 Å². The van der Waals surface area contributed by atoms with E-state index in [1.165, 1.54) is 17.2 Å². The molecule has 2 amide bonds. The number of rotatable bonds is 4. The van der Waals surface area contributed by atoms with Crippen LogP contribution in [0.3, 0.4) is 0 Å². The molecule has 0 unspecified atom stereocenters. The molecule has 0 saturated carbocycles. The molecule has 0 radical (unpaired) electrons. The van der Waals surface area contributed by atoms with Gasteiger partial charge in [-0.25, -0.2) is 13.8 Å². The van der Waals surface area contributed by atoms with Gasteiger partial charge in [-0.3, -0.25) is 9.59 Å². The third-order valence-electron chi connectivity index (χ3n) is 4.37. The number of para-hydroxylation sites is 2. The predicted molar refractivity (Wildman–Crippen MR) is 97.6 cm³/mol. The number of carbonyl (C=O) groups excluding carboxylic acids is 2. The van der Waals surface area contributed by atoms with Gasteiger partial charge < -0.3 is 14.6 Å². The van der Waals surface area contributed by atoms with E-state index in [9.17, 15) is 18.4 Å². The Labute approximate surface area is 158 Å². The van der Waals surface area contributed by atoms with Crippen molar-refractivity contribution >= 4 is 23.2 Å². The monoisotopic (exact) mass is 383 g/mol. The minimum atomic E-state index is -0.755. The molecule has 1 N–H and O–H groups in total. The van der Waals surface area contributed by atoms with Crippen LogP contribution in [0.2, 0.25) is 0 Å². The van der Waals surface area contributed by atoms with Gasteiger partial charge in [0.15, 0.2) is 11.7 Å². The lowest BCUT2D eigenvalue weighted by Crippen LogP contribution is -2.42. The Morgan fingerprint density at radius 3 is 2.86 bits per heavy atom. The van der Waals surface area contributed by atoms with Crippen LogP contribution in [-0.4, -0.2) is 23.3 Å². The summed E-state index contributed by atoms with van der Waals surface area (Å²) in [5.41, 5.74) is 1.30. The number of oxazole rings is 1. The quantitative estimate of drug-likeness (QED) is 0.748. The Morgan fingerprint density at radius 2 is 2.04 bits per heavy atom. The van der Waals surface area contributed by atoms with Gasteiger partial charge in [-0.1, -0.05) is 12.1 Å². The molecular weight excluding hydrogens is 368 g/mol. The largest absolute Gasteiger partial charge is 0.441 e. The molecule has 0 fully saturated rings. The molecule has 1 aromatic heterocycles. The molecule has 2 heterocycles. The molecule has 1 aliphatic rings. The van der Waals surface area contributed by atoms with E-state index >= 15 is 0 Å². The van der Waals surface area contributed by atoms with Crippen LogP contribution >= 0.6 is 0 Å². The van der Waals surface area contributed by atoms with Crippen LogP contribution in [-0.2, 0) is 16.0 Å². The summed E-state index contributed by atoms with van der Waals surface area (Å²) in [6, 6.07) is 10.2. The zero-order valence-electron chi connectivity index (χ0n) is 14.6. The van der Waals surface area contributed by atoms with Crippen LogP contribution in [0.15, 0.2) is 53.1 Å². The minimum Gasteiger partial charge on any atom is -0.441 e. The van der Waals surface area contributed by atoms with E-state index in [4.69, 9.17) is 4.42 Å². The number of aryl methyl sites for hydroxylation is 1. The summed E-state index contributed by atoms with van der Waals surface area (Å²) in [4.78, 5) is 29.9. The van der Waals surface area contributed by atoms with E-state index in [2.05, 4.69) is 10.3 Å². The van der Waals surface area contributed by atoms with Gasteiger partial charge in [-0.15, -0.1) is 0 Å². The highest BCUT2D eigenvalue weighted by Gasteiger charge is 2.26. The molecule has 0 aliphatic carbocycles. The Bertz CT molecular complexity index is 1060. The number of aromatic nitrogens is 1. The Balaban J connectivity index is 1.46. The lowest BCUT2D eigenvalue weighted by atomic mass is 10.1. The number of hydrogen-bond donors (Lipinski definition) is 1. The maximum absolute atomic E-state index is 13.9. The van der Waals surface area contributed by atoms with Gasteiger partial charge in [0.05, 0.1) is 23.1 Å². The number of nitrogens with one attached hydrogen (secondary N) is 1. The molecule has 8 heteroatoms. The second-order valence-electron chi connectivity index (χ2n) is 6.29. The number of fused-ring (bicyclic) bond motifs is 1. The molecule has 28 heavy (non-hydrogen) atoms. The van der Waals surface area contributed by atoms with Gasteiger partial charge in [-0.2, -0.15) is 0 Å². The molecule has 2 aromatic carbocycles. The first-order valence-electron chi connectivity index (χ1n) is 8.60. The highest BCUT2D eigenvalue weighted by Crippen LogP contribution is 2.30. The third-order valence-corrected chi connectivity index (χ3v) is 4.37. The first kappa shape index (κ1) is 17.8. The van der Waals surface area contributed by atoms with Crippen molar-refractivity contribution < 1.29 is 22.8 Å². The number of nitrogens with zero attached hydrogens (tertiary/aromatic N) is 2. The fraction of sp³-hybridized carbons (Fsp3) is 0.150. The Hall–Kier alpha value is -3.55. The second kappa shape index (κ2) is 7.22. The fourth-order valence-corrected chi connectivity index (χ4v) is 3.04. The summed E-state index contributed by atoms with van der Waals surface area (Å²) in [6.45, 7) is -0.0620. The van der Waals surface area contributed by atoms with Gasteiger partial charge >= 0.3 is 0 Å². The number of halogens is 2. The van der Waals surface area contributed by atoms with E-state index < -0.39 is 11.6 Å². The molecule has 0 atom stereocenters. The van der Waals surface area contributed by atoms with Gasteiger partial charge in [0, 0.05) is 18.9 Å². The van der Waals surface area contributed by atoms with Crippen molar-refractivity contribution in [3.05, 3.63) is 66.2 Å². The highest BCUT2D eigenvalue weighted by molar-refractivity contribution is 6.09. The SMILES string of the molecule is O=C1CN(C(=O)CCc2ncc(-c3ccc(F)cc3F)o2)c2ccccc2N1. The molecule has 0 bridgehead atoms. The standard InChI is InChI=1S/C20H15F2N3O3/c21-12-5-6-13(14(22)9-12)17-10-23-19(28-17)7-8-20(27)25-11-18(26)24-15-3-1-2-4-16(15)25/h1-6,9-10H,7-8,11H2,(H,24,26). The van der Waals surface area contributed by atoms with Gasteiger partial charge in [0.1, 0.15) is 18.2 Å². The number of benzene rings is 2. The van der Waals surface area contributed by atoms with Crippen LogP contribution in [0, 0.1) is 11.6 Å². The predicted octanol–water partition coefficient (Wildman–Crippen LogP) is 3.54. The van der Waals surface area contributed by atoms with Crippen molar-refractivity contribution in [1.29, 1.82) is 0 Å². The smallest absolute Gasteiger partial charge is 0.244 e. The summed E-state index contributed by atoms with van der Waals surface area (Å²) in [5.74, 6) is -1.55. The van der Waals surface area contributed by atoms with E-state index in [1.807, 2.05) is 0 Å². The van der Waals surface area contributed by atoms with Crippen molar-refractivity contribution in [2.45, 2.75) is 12.8 Å². The molecule has 142 valence electrons. The van der Waals surface area contributed by atoms with Crippen LogP contribution in [0.25, 0.3) is 11.3 Å². The molecule has 6 nitrogen and oxygen atoms in total. The zero-order chi connectivity index (χ0) is 19.7. The lowest BCUT2D eigenvalue weighted by molar-refractivity contribution is -0.121. The first-order chi connectivity index (χ1) is 13.5. The number of amides is 2. The van der Waals surface area contributed by atoms with Crippen molar-refractivity contribution in [1.82, 2.24) is 4.98 Å². The summed E-state index contributed by atoms with van der Waals surface area (Å²) in [5, 5.41) is 2.72. The number of hydrogen-bond acceptors (Lipinski definition) is 4. The lowest BCUT2D eigenvalue weighted by Gasteiger charge is -2.29. The van der Waals surface area contributed by atoms with Crippen LogP contribution in [0.4, 0.5) is 20.2 Å². The molecule has 0 spiro atoms. The third kappa shape index (κ3) is 3.48. The van der Waals surface area contributed by atoms with E-state index in [0.717, 1.165) is 12.1 Å². The summed E-state index contributed by atoms with van der Waals surface area (Å²) < 4.78 is 32.4. The van der Waals surface area contributed by atoms with Crippen molar-refractivity contribution in [2.24, 2.45) is 0 Å². The topological polar surface area (TPSA) is 75.4 Å². The molecule has 4 rings (SSSR count). The highest BCUT2D eigenvalue weighted by atomic mass is 19.1. The molecule has 3 aromatic rings. The molecular formula is C20H15F2N3O3. The molecule has 1 aliphatic heterocycles. The maximum Gasteiger partial charge on any atom is 0.244 e. The minimum absolute atomic E-state index is 0.0620. The summed E-state index contributed by atoms with van der Waals surface area (Å²) in [7, 11) is 0. The summed E-state index contributed by atoms with van der Waals surface area (Å²) in [6.07, 6.45) is 1.58. The average molecular weight is 383 g/mol. The van der Waals surface area contributed by atoms with Gasteiger partial charge in [0.2, 0.25) is 11.8 Å². The van der Waals surface area contributed by atoms with Crippen LogP contribution < -0.4 is 10.2 Å². The van der Waals surface area contributed by atoms with Crippen LogP contribution in [0.5, 0.6) is 0 Å². The fourth-order valence-electron chi connectivity index (χ4n) is 3.04. The van der Waals surface area contributed by atoms with E-state index in [-0.39, 0.29) is 48.4 Å². The second-order valence-corrected chi connectivity index (χ2v) is 6.29. The molecule has 0 saturated heterocycles. The number of carbonyl (C=O) groups is 2. The van der Waals surface area contributed by atoms with Crippen molar-refractivity contribution in [2.75, 3.05) is 16.8 Å². The maximum atomic E-state index is 13.9. The van der Waals surface area contributed by atoms with Gasteiger partial charge in [-0.05, 0) is 24.3 Å². The van der Waals surface area contributed by atoms with E-state index in [0.29, 0.717) is 11.4 Å². The number of anilines is 2. The van der Waals surface area contributed by atoms with Crippen molar-refractivity contribution in [3.8, 4) is 11.3 Å². The average Bonchev–Trinajstić information content (AvgIpc) is 3.14. The normalized spacial score (nSPS) is 13.2. The first-order valence-corrected chi connectivity index (χ1v) is 8.60. The Kier molecular flexibility index (Phi) is 4.60. The van der Waals surface area contributed by atoms with Crippen molar-refractivity contribution in [3.63, 3.8) is 0 Å². The summed E-state index contributed by atoms with van der Waals surface area (Å²) >= 11 is 0. The van der Waals surface area contributed by atoms with Crippen LogP contribution in [0.1, 0.15) is 12.3 Å².